The molecule has 9 heteroatoms. The first-order chi connectivity index (χ1) is 13.3. The van der Waals surface area contributed by atoms with Gasteiger partial charge in [0.15, 0.2) is 11.5 Å². The minimum absolute atomic E-state index is 0.0292. The van der Waals surface area contributed by atoms with Crippen molar-refractivity contribution in [1.82, 2.24) is 10.0 Å². The van der Waals surface area contributed by atoms with Crippen LogP contribution in [-0.2, 0) is 14.8 Å². The zero-order valence-electron chi connectivity index (χ0n) is 16.0. The summed E-state index contributed by atoms with van der Waals surface area (Å²) in [5, 5.41) is 4.82. The Balaban J connectivity index is 1.76. The number of nitrogens with one attached hydrogen (secondary N) is 2. The van der Waals surface area contributed by atoms with E-state index in [1.54, 1.807) is 19.9 Å². The Hall–Kier alpha value is -2.10. The molecule has 0 fully saturated rings. The van der Waals surface area contributed by atoms with E-state index in [9.17, 15) is 13.2 Å². The molecule has 0 saturated heterocycles. The van der Waals surface area contributed by atoms with Crippen molar-refractivity contribution in [1.29, 1.82) is 0 Å². The first-order valence-corrected chi connectivity index (χ1v) is 11.4. The van der Waals surface area contributed by atoms with Crippen LogP contribution in [0.1, 0.15) is 31.7 Å². The highest BCUT2D eigenvalue weighted by atomic mass is 32.2. The van der Waals surface area contributed by atoms with E-state index in [0.29, 0.717) is 24.7 Å². The molecule has 0 saturated carbocycles. The lowest BCUT2D eigenvalue weighted by atomic mass is 10.0. The highest BCUT2D eigenvalue weighted by molar-refractivity contribution is 7.89. The summed E-state index contributed by atoms with van der Waals surface area (Å²) in [5.74, 6) is 0.290. The molecule has 28 heavy (non-hydrogen) atoms. The molecule has 1 aromatic carbocycles. The molecule has 2 unspecified atom stereocenters. The molecule has 2 aromatic rings. The Morgan fingerprint density at radius 1 is 1.11 bits per heavy atom. The standard InChI is InChI=1S/C19H24N2O5S2/c1-12(2)18(19(22)20-13(3)17-5-4-10-27-17)21-28(23,24)14-6-7-15-16(11-14)26-9-8-25-15/h4-7,10-13,18,21H,8-9H2,1-3H3,(H,20,22). The van der Waals surface area contributed by atoms with E-state index in [4.69, 9.17) is 9.47 Å². The van der Waals surface area contributed by atoms with E-state index >= 15 is 0 Å². The zero-order valence-corrected chi connectivity index (χ0v) is 17.6. The van der Waals surface area contributed by atoms with Crippen LogP contribution >= 0.6 is 11.3 Å². The van der Waals surface area contributed by atoms with Crippen LogP contribution in [0.2, 0.25) is 0 Å². The maximum atomic E-state index is 12.9. The summed E-state index contributed by atoms with van der Waals surface area (Å²) in [6.45, 7) is 6.26. The number of benzene rings is 1. The number of rotatable bonds is 7. The van der Waals surface area contributed by atoms with Gasteiger partial charge in [0, 0.05) is 10.9 Å². The van der Waals surface area contributed by atoms with Gasteiger partial charge in [-0.25, -0.2) is 8.42 Å². The summed E-state index contributed by atoms with van der Waals surface area (Å²) in [5.41, 5.74) is 0. The number of sulfonamides is 1. The van der Waals surface area contributed by atoms with Crippen LogP contribution in [0.3, 0.4) is 0 Å². The van der Waals surface area contributed by atoms with Crippen molar-refractivity contribution in [2.75, 3.05) is 13.2 Å². The summed E-state index contributed by atoms with van der Waals surface area (Å²) in [7, 11) is -3.92. The molecule has 0 spiro atoms. The van der Waals surface area contributed by atoms with Crippen molar-refractivity contribution < 1.29 is 22.7 Å². The van der Waals surface area contributed by atoms with Crippen LogP contribution in [0.5, 0.6) is 11.5 Å². The molecule has 7 nitrogen and oxygen atoms in total. The van der Waals surface area contributed by atoms with Crippen molar-refractivity contribution in [3.8, 4) is 11.5 Å². The van der Waals surface area contributed by atoms with Crippen LogP contribution < -0.4 is 19.5 Å². The first-order valence-electron chi connectivity index (χ1n) is 9.03. The number of hydrogen-bond donors (Lipinski definition) is 2. The number of hydrogen-bond acceptors (Lipinski definition) is 6. The van der Waals surface area contributed by atoms with Gasteiger partial charge in [0.1, 0.15) is 19.3 Å². The fourth-order valence-electron chi connectivity index (χ4n) is 2.83. The second-order valence-electron chi connectivity index (χ2n) is 6.89. The predicted molar refractivity (Wildman–Crippen MR) is 107 cm³/mol. The third-order valence-corrected chi connectivity index (χ3v) is 6.88. The fraction of sp³-hybridized carbons (Fsp3) is 0.421. The number of fused-ring (bicyclic) bond motifs is 1. The topological polar surface area (TPSA) is 93.7 Å². The van der Waals surface area contributed by atoms with Crippen LogP contribution in [0.15, 0.2) is 40.6 Å². The zero-order chi connectivity index (χ0) is 20.3. The average molecular weight is 425 g/mol. The Morgan fingerprint density at radius 2 is 1.82 bits per heavy atom. The van der Waals surface area contributed by atoms with Crippen molar-refractivity contribution in [2.24, 2.45) is 5.92 Å². The summed E-state index contributed by atoms with van der Waals surface area (Å²) >= 11 is 1.54. The molecule has 0 aliphatic carbocycles. The van der Waals surface area contributed by atoms with Crippen LogP contribution in [0, 0.1) is 5.92 Å². The second kappa shape index (κ2) is 8.50. The lowest BCUT2D eigenvalue weighted by molar-refractivity contribution is -0.124. The Bertz CT molecular complexity index is 926. The van der Waals surface area contributed by atoms with E-state index in [2.05, 4.69) is 10.0 Å². The molecular formula is C19H24N2O5S2. The summed E-state index contributed by atoms with van der Waals surface area (Å²) in [4.78, 5) is 13.8. The maximum Gasteiger partial charge on any atom is 0.241 e. The molecule has 1 amide bonds. The van der Waals surface area contributed by atoms with Gasteiger partial charge in [-0.3, -0.25) is 4.79 Å². The van der Waals surface area contributed by atoms with Crippen molar-refractivity contribution in [3.63, 3.8) is 0 Å². The van der Waals surface area contributed by atoms with Crippen molar-refractivity contribution >= 4 is 27.3 Å². The third-order valence-electron chi connectivity index (χ3n) is 4.38. The monoisotopic (exact) mass is 424 g/mol. The minimum atomic E-state index is -3.92. The quantitative estimate of drug-likeness (QED) is 0.713. The van der Waals surface area contributed by atoms with Gasteiger partial charge in [-0.1, -0.05) is 19.9 Å². The number of amides is 1. The predicted octanol–water partition coefficient (Wildman–Crippen LogP) is 2.70. The van der Waals surface area contributed by atoms with E-state index in [-0.39, 0.29) is 22.8 Å². The molecule has 1 aliphatic rings. The van der Waals surface area contributed by atoms with Gasteiger partial charge < -0.3 is 14.8 Å². The van der Waals surface area contributed by atoms with E-state index in [1.807, 2.05) is 24.4 Å². The number of carbonyl (C=O) groups is 1. The number of thiophene rings is 1. The molecule has 152 valence electrons. The van der Waals surface area contributed by atoms with Crippen LogP contribution in [0.4, 0.5) is 0 Å². The smallest absolute Gasteiger partial charge is 0.241 e. The van der Waals surface area contributed by atoms with Crippen molar-refractivity contribution in [3.05, 3.63) is 40.6 Å². The highest BCUT2D eigenvalue weighted by Crippen LogP contribution is 2.32. The van der Waals surface area contributed by atoms with Crippen molar-refractivity contribution in [2.45, 2.75) is 37.8 Å². The number of ether oxygens (including phenoxy) is 2. The van der Waals surface area contributed by atoms with Crippen LogP contribution in [-0.4, -0.2) is 33.6 Å². The van der Waals surface area contributed by atoms with Gasteiger partial charge in [0.2, 0.25) is 15.9 Å². The van der Waals surface area contributed by atoms with Gasteiger partial charge in [0.25, 0.3) is 0 Å². The van der Waals surface area contributed by atoms with Gasteiger partial charge in [0.05, 0.1) is 10.9 Å². The van der Waals surface area contributed by atoms with Gasteiger partial charge in [-0.15, -0.1) is 11.3 Å². The normalized spacial score (nSPS) is 15.9. The summed E-state index contributed by atoms with van der Waals surface area (Å²) in [6.07, 6.45) is 0. The average Bonchev–Trinajstić information content (AvgIpc) is 3.20. The van der Waals surface area contributed by atoms with E-state index in [1.165, 1.54) is 23.5 Å². The molecule has 1 aromatic heterocycles. The lowest BCUT2D eigenvalue weighted by Crippen LogP contribution is -2.50. The fourth-order valence-corrected chi connectivity index (χ4v) is 4.92. The highest BCUT2D eigenvalue weighted by Gasteiger charge is 2.30. The molecule has 2 atom stereocenters. The molecule has 3 rings (SSSR count). The molecule has 2 N–H and O–H groups in total. The number of carbonyl (C=O) groups excluding carboxylic acids is 1. The summed E-state index contributed by atoms with van der Waals surface area (Å²) in [6, 6.07) is 7.16. The second-order valence-corrected chi connectivity index (χ2v) is 9.59. The van der Waals surface area contributed by atoms with Gasteiger partial charge >= 0.3 is 0 Å². The maximum absolute atomic E-state index is 12.9. The van der Waals surface area contributed by atoms with Gasteiger partial charge in [-0.05, 0) is 36.4 Å². The third kappa shape index (κ3) is 4.65. The molecular weight excluding hydrogens is 400 g/mol. The molecule has 1 aliphatic heterocycles. The molecule has 0 bridgehead atoms. The Kier molecular flexibility index (Phi) is 6.26. The molecule has 0 radical (unpaired) electrons. The Morgan fingerprint density at radius 3 is 2.46 bits per heavy atom. The first kappa shape index (κ1) is 20.6. The summed E-state index contributed by atoms with van der Waals surface area (Å²) < 4.78 is 39.1. The Labute approximate surface area is 169 Å². The van der Waals surface area contributed by atoms with Crippen LogP contribution in [0.25, 0.3) is 0 Å². The lowest BCUT2D eigenvalue weighted by Gasteiger charge is -2.24. The molecule has 2 heterocycles. The minimum Gasteiger partial charge on any atom is -0.486 e. The van der Waals surface area contributed by atoms with E-state index < -0.39 is 16.1 Å². The van der Waals surface area contributed by atoms with E-state index in [0.717, 1.165) is 4.88 Å². The SMILES string of the molecule is CC(NC(=O)C(NS(=O)(=O)c1ccc2c(c1)OCCO2)C(C)C)c1cccs1. The van der Waals surface area contributed by atoms with Gasteiger partial charge in [-0.2, -0.15) is 4.72 Å². The largest absolute Gasteiger partial charge is 0.486 e.